The number of hydrogen-bond acceptors (Lipinski definition) is 5. The van der Waals surface area contributed by atoms with E-state index in [2.05, 4.69) is 40.2 Å². The number of anilines is 1. The molecule has 23 heavy (non-hydrogen) atoms. The maximum absolute atomic E-state index is 5.75. The molecule has 3 aromatic heterocycles. The average molecular weight is 305 g/mol. The molecule has 0 saturated carbocycles. The predicted molar refractivity (Wildman–Crippen MR) is 87.7 cm³/mol. The highest BCUT2D eigenvalue weighted by molar-refractivity contribution is 5.89. The van der Waals surface area contributed by atoms with Crippen LogP contribution in [0.1, 0.15) is 11.1 Å². The molecular formula is C17H15N5O. The number of nitrogen functional groups attached to an aromatic ring is 1. The van der Waals surface area contributed by atoms with E-state index in [1.807, 2.05) is 22.9 Å². The minimum absolute atomic E-state index is 0.230. The second-order valence-electron chi connectivity index (χ2n) is 5.44. The highest BCUT2D eigenvalue weighted by atomic mass is 16.3. The number of furan rings is 1. The Kier molecular flexibility index (Phi) is 3.08. The molecule has 0 saturated heterocycles. The molecule has 0 bridgehead atoms. The third-order valence-corrected chi connectivity index (χ3v) is 3.68. The summed E-state index contributed by atoms with van der Waals surface area (Å²) in [6.45, 7) is 2.68. The molecule has 0 atom stereocenters. The Hall–Kier alpha value is -3.15. The van der Waals surface area contributed by atoms with Gasteiger partial charge in [-0.15, -0.1) is 0 Å². The summed E-state index contributed by atoms with van der Waals surface area (Å²) in [5.41, 5.74) is 9.53. The molecule has 2 N–H and O–H groups in total. The lowest BCUT2D eigenvalue weighted by Gasteiger charge is -2.04. The highest BCUT2D eigenvalue weighted by Crippen LogP contribution is 2.27. The van der Waals surface area contributed by atoms with Gasteiger partial charge in [0.15, 0.2) is 11.4 Å². The van der Waals surface area contributed by atoms with Gasteiger partial charge in [-0.25, -0.2) is 9.67 Å². The van der Waals surface area contributed by atoms with Crippen LogP contribution in [0.3, 0.4) is 0 Å². The fourth-order valence-corrected chi connectivity index (χ4v) is 2.66. The van der Waals surface area contributed by atoms with Crippen molar-refractivity contribution in [1.29, 1.82) is 0 Å². The van der Waals surface area contributed by atoms with Crippen molar-refractivity contribution in [2.45, 2.75) is 13.5 Å². The molecule has 6 heteroatoms. The van der Waals surface area contributed by atoms with Gasteiger partial charge in [0.1, 0.15) is 5.69 Å². The lowest BCUT2D eigenvalue weighted by atomic mass is 10.1. The number of nitrogens with zero attached hydrogens (tertiary/aromatic N) is 4. The van der Waals surface area contributed by atoms with E-state index in [0.29, 0.717) is 18.0 Å². The first-order valence-corrected chi connectivity index (χ1v) is 7.29. The molecule has 0 spiro atoms. The van der Waals surface area contributed by atoms with Crippen LogP contribution in [0.2, 0.25) is 0 Å². The lowest BCUT2D eigenvalue weighted by Crippen LogP contribution is -2.04. The van der Waals surface area contributed by atoms with Crippen molar-refractivity contribution in [1.82, 2.24) is 19.7 Å². The molecule has 6 nitrogen and oxygen atoms in total. The van der Waals surface area contributed by atoms with E-state index in [4.69, 9.17) is 10.2 Å². The Bertz CT molecular complexity index is 972. The Morgan fingerprint density at radius 3 is 2.91 bits per heavy atom. The van der Waals surface area contributed by atoms with Crippen molar-refractivity contribution >= 4 is 17.0 Å². The largest absolute Gasteiger partial charge is 0.463 e. The number of hydrogen-bond donors (Lipinski definition) is 1. The van der Waals surface area contributed by atoms with Crippen LogP contribution in [0.4, 0.5) is 5.95 Å². The molecule has 114 valence electrons. The Morgan fingerprint density at radius 1 is 1.22 bits per heavy atom. The van der Waals surface area contributed by atoms with Gasteiger partial charge in [-0.3, -0.25) is 0 Å². The molecule has 0 aliphatic rings. The van der Waals surface area contributed by atoms with Gasteiger partial charge in [0.05, 0.1) is 18.2 Å². The molecule has 0 unspecified atom stereocenters. The van der Waals surface area contributed by atoms with Crippen LogP contribution in [0.5, 0.6) is 0 Å². The molecule has 4 rings (SSSR count). The van der Waals surface area contributed by atoms with Crippen molar-refractivity contribution in [3.63, 3.8) is 0 Å². The van der Waals surface area contributed by atoms with Crippen LogP contribution >= 0.6 is 0 Å². The zero-order valence-corrected chi connectivity index (χ0v) is 12.6. The molecule has 1 aromatic carbocycles. The molecule has 0 radical (unpaired) electrons. The highest BCUT2D eigenvalue weighted by Gasteiger charge is 2.16. The quantitative estimate of drug-likeness (QED) is 0.629. The first-order valence-electron chi connectivity index (χ1n) is 7.29. The Labute approximate surface area is 132 Å². The Morgan fingerprint density at radius 2 is 2.13 bits per heavy atom. The van der Waals surface area contributed by atoms with Crippen LogP contribution in [0.25, 0.3) is 22.5 Å². The van der Waals surface area contributed by atoms with E-state index in [-0.39, 0.29) is 5.95 Å². The summed E-state index contributed by atoms with van der Waals surface area (Å²) in [6.07, 6.45) is 3.31. The maximum atomic E-state index is 5.75. The third-order valence-electron chi connectivity index (χ3n) is 3.68. The van der Waals surface area contributed by atoms with Crippen molar-refractivity contribution in [3.8, 4) is 11.5 Å². The summed E-state index contributed by atoms with van der Waals surface area (Å²) in [4.78, 5) is 8.43. The first-order chi connectivity index (χ1) is 11.2. The summed E-state index contributed by atoms with van der Waals surface area (Å²) < 4.78 is 7.31. The molecule has 3 heterocycles. The summed E-state index contributed by atoms with van der Waals surface area (Å²) in [7, 11) is 0. The summed E-state index contributed by atoms with van der Waals surface area (Å²) in [5, 5.41) is 5.48. The predicted octanol–water partition coefficient (Wildman–Crippen LogP) is 3.03. The number of aromatic nitrogens is 4. The zero-order chi connectivity index (χ0) is 15.8. The smallest absolute Gasteiger partial charge is 0.222 e. The summed E-state index contributed by atoms with van der Waals surface area (Å²) in [5.74, 6) is 0.917. The summed E-state index contributed by atoms with van der Waals surface area (Å²) in [6, 6.07) is 12.0. The standard InChI is InChI=1S/C17H15N5O/c1-11-4-2-5-12(8-11)10-22-16-13(9-19-17(18)20-16)15(21-22)14-6-3-7-23-14/h2-9H,10H2,1H3,(H2,18,19,20). The average Bonchev–Trinajstić information content (AvgIpc) is 3.16. The van der Waals surface area contributed by atoms with Gasteiger partial charge in [0.25, 0.3) is 0 Å². The second kappa shape index (κ2) is 5.24. The fourth-order valence-electron chi connectivity index (χ4n) is 2.66. The SMILES string of the molecule is Cc1cccc(Cn2nc(-c3ccco3)c3cnc(N)nc32)c1. The molecule has 0 amide bonds. The van der Waals surface area contributed by atoms with E-state index in [0.717, 1.165) is 16.6 Å². The van der Waals surface area contributed by atoms with Gasteiger partial charge in [-0.1, -0.05) is 29.8 Å². The van der Waals surface area contributed by atoms with Crippen LogP contribution in [-0.2, 0) is 6.54 Å². The molecule has 0 fully saturated rings. The first kappa shape index (κ1) is 13.5. The third kappa shape index (κ3) is 2.44. The molecule has 0 aliphatic heterocycles. The minimum Gasteiger partial charge on any atom is -0.463 e. The van der Waals surface area contributed by atoms with Gasteiger partial charge in [0, 0.05) is 6.20 Å². The normalized spacial score (nSPS) is 11.2. The summed E-state index contributed by atoms with van der Waals surface area (Å²) >= 11 is 0. The number of aryl methyl sites for hydroxylation is 1. The van der Waals surface area contributed by atoms with Gasteiger partial charge >= 0.3 is 0 Å². The van der Waals surface area contributed by atoms with Crippen LogP contribution in [0, 0.1) is 6.92 Å². The van der Waals surface area contributed by atoms with E-state index in [1.54, 1.807) is 12.5 Å². The molecule has 4 aromatic rings. The minimum atomic E-state index is 0.230. The molecule has 0 aliphatic carbocycles. The van der Waals surface area contributed by atoms with E-state index >= 15 is 0 Å². The van der Waals surface area contributed by atoms with Gasteiger partial charge in [0.2, 0.25) is 5.95 Å². The zero-order valence-electron chi connectivity index (χ0n) is 12.6. The number of benzene rings is 1. The van der Waals surface area contributed by atoms with Crippen molar-refractivity contribution in [2.75, 3.05) is 5.73 Å². The van der Waals surface area contributed by atoms with E-state index in [1.165, 1.54) is 5.56 Å². The van der Waals surface area contributed by atoms with Crippen molar-refractivity contribution < 1.29 is 4.42 Å². The van der Waals surface area contributed by atoms with Gasteiger partial charge < -0.3 is 10.2 Å². The maximum Gasteiger partial charge on any atom is 0.222 e. The Balaban J connectivity index is 1.87. The van der Waals surface area contributed by atoms with Crippen LogP contribution in [0.15, 0.2) is 53.3 Å². The topological polar surface area (TPSA) is 82.8 Å². The number of fused-ring (bicyclic) bond motifs is 1. The molecular weight excluding hydrogens is 290 g/mol. The van der Waals surface area contributed by atoms with Crippen LogP contribution in [-0.4, -0.2) is 19.7 Å². The fraction of sp³-hybridized carbons (Fsp3) is 0.118. The number of nitrogens with two attached hydrogens (primary N) is 1. The van der Waals surface area contributed by atoms with E-state index in [9.17, 15) is 0 Å². The van der Waals surface area contributed by atoms with Crippen LogP contribution < -0.4 is 5.73 Å². The monoisotopic (exact) mass is 305 g/mol. The van der Waals surface area contributed by atoms with E-state index < -0.39 is 0 Å². The second-order valence-corrected chi connectivity index (χ2v) is 5.44. The van der Waals surface area contributed by atoms with Gasteiger partial charge in [-0.2, -0.15) is 10.1 Å². The number of rotatable bonds is 3. The van der Waals surface area contributed by atoms with Gasteiger partial charge in [-0.05, 0) is 24.6 Å². The lowest BCUT2D eigenvalue weighted by molar-refractivity contribution is 0.577. The van der Waals surface area contributed by atoms with Crippen molar-refractivity contribution in [3.05, 3.63) is 60.0 Å². The van der Waals surface area contributed by atoms with Crippen molar-refractivity contribution in [2.24, 2.45) is 0 Å².